The Morgan fingerprint density at radius 1 is 1.41 bits per heavy atom. The maximum Gasteiger partial charge on any atom is 0.119 e. The van der Waals surface area contributed by atoms with Crippen LogP contribution in [-0.2, 0) is 4.74 Å². The van der Waals surface area contributed by atoms with E-state index in [9.17, 15) is 0 Å². The van der Waals surface area contributed by atoms with Crippen LogP contribution in [0, 0.1) is 0 Å². The molecule has 4 heteroatoms. The first-order valence-corrected chi connectivity index (χ1v) is 6.16. The van der Waals surface area contributed by atoms with Gasteiger partial charge in [-0.1, -0.05) is 0 Å². The van der Waals surface area contributed by atoms with Gasteiger partial charge in [-0.05, 0) is 31.2 Å². The highest BCUT2D eigenvalue weighted by Gasteiger charge is 2.11. The number of rotatable bonds is 5. The molecule has 1 aromatic carbocycles. The summed E-state index contributed by atoms with van der Waals surface area (Å²) in [7, 11) is 0. The highest BCUT2D eigenvalue weighted by Crippen LogP contribution is 2.15. The van der Waals surface area contributed by atoms with Crippen LogP contribution in [0.4, 0.5) is 5.69 Å². The topological polar surface area (TPSA) is 42.5 Å². The molecule has 0 aromatic heterocycles. The molecule has 17 heavy (non-hydrogen) atoms. The lowest BCUT2D eigenvalue weighted by atomic mass is 10.2. The molecule has 94 valence electrons. The molecule has 1 aliphatic heterocycles. The van der Waals surface area contributed by atoms with E-state index in [0.717, 1.165) is 37.7 Å². The molecular formula is C13H20N2O2. The van der Waals surface area contributed by atoms with Crippen LogP contribution in [0.25, 0.3) is 0 Å². The minimum Gasteiger partial charge on any atom is -0.494 e. The lowest BCUT2D eigenvalue weighted by molar-refractivity contribution is 0.0806. The predicted molar refractivity (Wildman–Crippen MR) is 68.7 cm³/mol. The molecule has 0 spiro atoms. The van der Waals surface area contributed by atoms with Crippen molar-refractivity contribution >= 4 is 5.69 Å². The van der Waals surface area contributed by atoms with E-state index in [-0.39, 0.29) is 0 Å². The third-order valence-electron chi connectivity index (χ3n) is 2.72. The Morgan fingerprint density at radius 2 is 2.24 bits per heavy atom. The zero-order chi connectivity index (χ0) is 11.9. The van der Waals surface area contributed by atoms with Crippen molar-refractivity contribution in [1.29, 1.82) is 0 Å². The minimum atomic E-state index is 0.398. The Labute approximate surface area is 102 Å². The quantitative estimate of drug-likeness (QED) is 0.813. The molecule has 4 nitrogen and oxygen atoms in total. The normalized spacial score (nSPS) is 19.9. The number of nitrogens with one attached hydrogen (secondary N) is 2. The second kappa shape index (κ2) is 6.47. The van der Waals surface area contributed by atoms with Crippen LogP contribution in [0.3, 0.4) is 0 Å². The summed E-state index contributed by atoms with van der Waals surface area (Å²) in [6.45, 7) is 6.12. The van der Waals surface area contributed by atoms with Gasteiger partial charge in [0.2, 0.25) is 0 Å². The standard InChI is InChI=1S/C13H20N2O2/c1-2-17-13-5-3-11(4-6-13)15-9-12-10-16-8-7-14-12/h3-6,12,14-15H,2,7-10H2,1H3. The molecule has 1 fully saturated rings. The van der Waals surface area contributed by atoms with Gasteiger partial charge in [0.05, 0.1) is 19.8 Å². The number of anilines is 1. The fraction of sp³-hybridized carbons (Fsp3) is 0.538. The van der Waals surface area contributed by atoms with Gasteiger partial charge < -0.3 is 20.1 Å². The molecule has 0 aliphatic carbocycles. The SMILES string of the molecule is CCOc1ccc(NCC2COCCN2)cc1. The lowest BCUT2D eigenvalue weighted by Crippen LogP contribution is -2.45. The van der Waals surface area contributed by atoms with Crippen LogP contribution in [0.5, 0.6) is 5.75 Å². The van der Waals surface area contributed by atoms with Crippen molar-refractivity contribution in [2.45, 2.75) is 13.0 Å². The lowest BCUT2D eigenvalue weighted by Gasteiger charge is -2.24. The van der Waals surface area contributed by atoms with Crippen LogP contribution in [0.15, 0.2) is 24.3 Å². The van der Waals surface area contributed by atoms with Crippen LogP contribution < -0.4 is 15.4 Å². The highest BCUT2D eigenvalue weighted by atomic mass is 16.5. The molecule has 1 aromatic rings. The monoisotopic (exact) mass is 236 g/mol. The highest BCUT2D eigenvalue weighted by molar-refractivity contribution is 5.46. The zero-order valence-corrected chi connectivity index (χ0v) is 10.2. The maximum atomic E-state index is 5.40. The predicted octanol–water partition coefficient (Wildman–Crippen LogP) is 1.49. The first kappa shape index (κ1) is 12.2. The second-order valence-electron chi connectivity index (χ2n) is 4.06. The van der Waals surface area contributed by atoms with Crippen LogP contribution in [0.1, 0.15) is 6.92 Å². The van der Waals surface area contributed by atoms with E-state index in [1.807, 2.05) is 31.2 Å². The van der Waals surface area contributed by atoms with Crippen molar-refractivity contribution in [2.75, 3.05) is 38.2 Å². The summed E-state index contributed by atoms with van der Waals surface area (Å²) in [4.78, 5) is 0. The molecule has 0 saturated carbocycles. The largest absolute Gasteiger partial charge is 0.494 e. The van der Waals surface area contributed by atoms with Crippen molar-refractivity contribution in [3.8, 4) is 5.75 Å². The van der Waals surface area contributed by atoms with Gasteiger partial charge >= 0.3 is 0 Å². The van der Waals surface area contributed by atoms with E-state index < -0.39 is 0 Å². The van der Waals surface area contributed by atoms with Crippen molar-refractivity contribution in [2.24, 2.45) is 0 Å². The van der Waals surface area contributed by atoms with Crippen LogP contribution >= 0.6 is 0 Å². The molecule has 0 radical (unpaired) electrons. The molecule has 1 aliphatic rings. The van der Waals surface area contributed by atoms with Gasteiger partial charge in [-0.3, -0.25) is 0 Å². The van der Waals surface area contributed by atoms with E-state index >= 15 is 0 Å². The van der Waals surface area contributed by atoms with Gasteiger partial charge in [0.15, 0.2) is 0 Å². The smallest absolute Gasteiger partial charge is 0.119 e. The summed E-state index contributed by atoms with van der Waals surface area (Å²) in [6, 6.07) is 8.44. The number of hydrogen-bond acceptors (Lipinski definition) is 4. The first-order chi connectivity index (χ1) is 8.38. The molecule has 1 unspecified atom stereocenters. The van der Waals surface area contributed by atoms with E-state index in [4.69, 9.17) is 9.47 Å². The number of ether oxygens (including phenoxy) is 2. The average Bonchev–Trinajstić information content (AvgIpc) is 2.40. The first-order valence-electron chi connectivity index (χ1n) is 6.16. The van der Waals surface area contributed by atoms with E-state index in [1.54, 1.807) is 0 Å². The Hall–Kier alpha value is -1.26. The van der Waals surface area contributed by atoms with Gasteiger partial charge in [0, 0.05) is 24.8 Å². The fourth-order valence-electron chi connectivity index (χ4n) is 1.83. The van der Waals surface area contributed by atoms with Gasteiger partial charge in [0.25, 0.3) is 0 Å². The van der Waals surface area contributed by atoms with Gasteiger partial charge in [-0.25, -0.2) is 0 Å². The van der Waals surface area contributed by atoms with Gasteiger partial charge in [-0.2, -0.15) is 0 Å². The molecular weight excluding hydrogens is 216 g/mol. The molecule has 1 atom stereocenters. The van der Waals surface area contributed by atoms with E-state index in [1.165, 1.54) is 0 Å². The van der Waals surface area contributed by atoms with Crippen molar-refractivity contribution < 1.29 is 9.47 Å². The fourth-order valence-corrected chi connectivity index (χ4v) is 1.83. The second-order valence-corrected chi connectivity index (χ2v) is 4.06. The van der Waals surface area contributed by atoms with Gasteiger partial charge in [-0.15, -0.1) is 0 Å². The minimum absolute atomic E-state index is 0.398. The summed E-state index contributed by atoms with van der Waals surface area (Å²) in [5.41, 5.74) is 1.11. The van der Waals surface area contributed by atoms with E-state index in [2.05, 4.69) is 10.6 Å². The van der Waals surface area contributed by atoms with Gasteiger partial charge in [0.1, 0.15) is 5.75 Å². The van der Waals surface area contributed by atoms with Crippen LogP contribution in [-0.4, -0.2) is 39.0 Å². The molecule has 2 rings (SSSR count). The Bertz CT molecular complexity index is 321. The Balaban J connectivity index is 1.77. The zero-order valence-electron chi connectivity index (χ0n) is 10.2. The summed E-state index contributed by atoms with van der Waals surface area (Å²) in [6.07, 6.45) is 0. The van der Waals surface area contributed by atoms with Crippen molar-refractivity contribution in [1.82, 2.24) is 5.32 Å². The number of morpholine rings is 1. The summed E-state index contributed by atoms with van der Waals surface area (Å²) in [5, 5.41) is 6.79. The molecule has 2 N–H and O–H groups in total. The Kier molecular flexibility index (Phi) is 4.64. The van der Waals surface area contributed by atoms with Crippen molar-refractivity contribution in [3.63, 3.8) is 0 Å². The molecule has 1 heterocycles. The number of hydrogen-bond donors (Lipinski definition) is 2. The van der Waals surface area contributed by atoms with Crippen molar-refractivity contribution in [3.05, 3.63) is 24.3 Å². The van der Waals surface area contributed by atoms with Crippen LogP contribution in [0.2, 0.25) is 0 Å². The third-order valence-corrected chi connectivity index (χ3v) is 2.72. The molecule has 0 bridgehead atoms. The maximum absolute atomic E-state index is 5.40. The molecule has 0 amide bonds. The third kappa shape index (κ3) is 3.91. The summed E-state index contributed by atoms with van der Waals surface area (Å²) >= 11 is 0. The number of benzene rings is 1. The Morgan fingerprint density at radius 3 is 2.88 bits per heavy atom. The summed E-state index contributed by atoms with van der Waals surface area (Å²) in [5.74, 6) is 0.914. The average molecular weight is 236 g/mol. The molecule has 1 saturated heterocycles. The summed E-state index contributed by atoms with van der Waals surface area (Å²) < 4.78 is 10.8. The van der Waals surface area contributed by atoms with E-state index in [0.29, 0.717) is 12.6 Å².